The third-order valence-corrected chi connectivity index (χ3v) is 8.05. The van der Waals surface area contributed by atoms with E-state index in [9.17, 15) is 32.7 Å². The molecule has 14 nitrogen and oxygen atoms in total. The summed E-state index contributed by atoms with van der Waals surface area (Å²) in [4.78, 5) is 49.2. The summed E-state index contributed by atoms with van der Waals surface area (Å²) in [5.74, 6) is -3.09. The minimum Gasteiger partial charge on any atom is -0.477 e. The van der Waals surface area contributed by atoms with Gasteiger partial charge in [0.15, 0.2) is 5.75 Å². The number of carboxylic acids is 1. The number of hydrogen-bond acceptors (Lipinski definition) is 12. The van der Waals surface area contributed by atoms with Crippen LogP contribution in [-0.2, 0) is 41.5 Å². The van der Waals surface area contributed by atoms with Crippen molar-refractivity contribution in [2.45, 2.75) is 28.8 Å². The predicted octanol–water partition coefficient (Wildman–Crippen LogP) is 0.0660. The molecule has 0 saturated carbocycles. The molecule has 1 saturated heterocycles. The van der Waals surface area contributed by atoms with Gasteiger partial charge >= 0.3 is 5.97 Å². The number of aliphatic carboxylic acids is 1. The van der Waals surface area contributed by atoms with Crippen LogP contribution in [0.1, 0.15) is 11.5 Å². The summed E-state index contributed by atoms with van der Waals surface area (Å²) in [6.07, 6.45) is -0.154. The fourth-order valence-corrected chi connectivity index (χ4v) is 6.36. The van der Waals surface area contributed by atoms with E-state index in [-0.39, 0.29) is 47.0 Å². The molecular weight excluding hydrogens is 552 g/mol. The average molecular weight is 571 g/mol. The number of carbonyl (C=O) groups is 4. The van der Waals surface area contributed by atoms with Gasteiger partial charge in [-0.3, -0.25) is 23.8 Å². The van der Waals surface area contributed by atoms with Gasteiger partial charge in [0, 0.05) is 17.1 Å². The monoisotopic (exact) mass is 570 g/mol. The molecule has 2 amide bonds. The number of para-hydroxylation sites is 1. The number of rotatable bonds is 11. The number of carbonyl (C=O) groups excluding carboxylic acids is 3. The van der Waals surface area contributed by atoms with Crippen LogP contribution in [0.3, 0.4) is 0 Å². The zero-order chi connectivity index (χ0) is 26.7. The molecule has 2 aromatic rings. The van der Waals surface area contributed by atoms with Gasteiger partial charge in [-0.25, -0.2) is 4.79 Å². The van der Waals surface area contributed by atoms with E-state index in [1.54, 1.807) is 18.2 Å². The van der Waals surface area contributed by atoms with Gasteiger partial charge in [-0.05, 0) is 11.6 Å². The molecular formula is C20H18N4O10S3. The molecule has 0 spiro atoms. The molecule has 0 bridgehead atoms. The molecule has 37 heavy (non-hydrogen) atoms. The number of nitrogens with one attached hydrogen (secondary N) is 1. The summed E-state index contributed by atoms with van der Waals surface area (Å²) in [5, 5.41) is 18.9. The number of nitrogens with zero attached hydrogens (tertiary/aromatic N) is 3. The summed E-state index contributed by atoms with van der Waals surface area (Å²) in [6.45, 7) is 0.245. The number of aromatic nitrogens is 2. The van der Waals surface area contributed by atoms with Crippen molar-refractivity contribution in [2.75, 3.05) is 11.5 Å². The SMILES string of the molecule is O=COc1ccccc1CC(=O)NC1C(=O)N2C(C(=O)O)=C(CSc3nnc(CS(=O)(=O)O)o3)CS[C@H]12. The van der Waals surface area contributed by atoms with E-state index in [0.29, 0.717) is 11.1 Å². The van der Waals surface area contributed by atoms with Crippen LogP contribution < -0.4 is 10.1 Å². The van der Waals surface area contributed by atoms with Crippen molar-refractivity contribution in [2.24, 2.45) is 0 Å². The smallest absolute Gasteiger partial charge is 0.352 e. The summed E-state index contributed by atoms with van der Waals surface area (Å²) in [5.41, 5.74) is 0.624. The second kappa shape index (κ2) is 10.9. The van der Waals surface area contributed by atoms with Gasteiger partial charge < -0.3 is 19.6 Å². The topological polar surface area (TPSA) is 206 Å². The molecule has 0 radical (unpaired) electrons. The molecule has 17 heteroatoms. The van der Waals surface area contributed by atoms with Gasteiger partial charge in [0.1, 0.15) is 22.9 Å². The predicted molar refractivity (Wildman–Crippen MR) is 127 cm³/mol. The highest BCUT2D eigenvalue weighted by molar-refractivity contribution is 8.01. The molecule has 1 aromatic heterocycles. The van der Waals surface area contributed by atoms with Crippen molar-refractivity contribution in [3.8, 4) is 5.75 Å². The third kappa shape index (κ3) is 6.12. The van der Waals surface area contributed by atoms with E-state index in [1.165, 1.54) is 17.8 Å². The van der Waals surface area contributed by atoms with Crippen molar-refractivity contribution in [3.63, 3.8) is 0 Å². The first-order chi connectivity index (χ1) is 17.6. The largest absolute Gasteiger partial charge is 0.477 e. The Morgan fingerprint density at radius 3 is 2.78 bits per heavy atom. The Balaban J connectivity index is 1.41. The number of carboxylic acid groups (broad SMARTS) is 1. The third-order valence-electron chi connectivity index (χ3n) is 5.19. The number of fused-ring (bicyclic) bond motifs is 1. The van der Waals surface area contributed by atoms with Crippen molar-refractivity contribution in [3.05, 3.63) is 47.0 Å². The summed E-state index contributed by atoms with van der Waals surface area (Å²) < 4.78 is 40.7. The number of amides is 2. The van der Waals surface area contributed by atoms with Crippen LogP contribution >= 0.6 is 23.5 Å². The van der Waals surface area contributed by atoms with Crippen LogP contribution in [0.15, 0.2) is 45.2 Å². The summed E-state index contributed by atoms with van der Waals surface area (Å²) in [6, 6.07) is 5.50. The lowest BCUT2D eigenvalue weighted by Crippen LogP contribution is -2.70. The molecule has 4 rings (SSSR count). The number of benzene rings is 1. The fraction of sp³-hybridized carbons (Fsp3) is 0.300. The first-order valence-corrected chi connectivity index (χ1v) is 14.0. The molecule has 1 unspecified atom stereocenters. The Bertz CT molecular complexity index is 1390. The van der Waals surface area contributed by atoms with Crippen LogP contribution in [-0.4, -0.2) is 80.4 Å². The molecule has 1 fully saturated rings. The minimum absolute atomic E-state index is 0.0399. The van der Waals surface area contributed by atoms with Crippen molar-refractivity contribution in [1.29, 1.82) is 0 Å². The first-order valence-electron chi connectivity index (χ1n) is 10.3. The van der Waals surface area contributed by atoms with E-state index in [0.717, 1.165) is 16.7 Å². The average Bonchev–Trinajstić information content (AvgIpc) is 3.27. The zero-order valence-corrected chi connectivity index (χ0v) is 21.0. The van der Waals surface area contributed by atoms with Gasteiger partial charge in [-0.2, -0.15) is 8.42 Å². The van der Waals surface area contributed by atoms with Gasteiger partial charge in [0.25, 0.3) is 27.7 Å². The van der Waals surface area contributed by atoms with Gasteiger partial charge in [-0.1, -0.05) is 30.0 Å². The highest BCUT2D eigenvalue weighted by atomic mass is 32.2. The van der Waals surface area contributed by atoms with Crippen LogP contribution in [0.2, 0.25) is 0 Å². The highest BCUT2D eigenvalue weighted by Crippen LogP contribution is 2.41. The van der Waals surface area contributed by atoms with E-state index < -0.39 is 45.1 Å². The van der Waals surface area contributed by atoms with Crippen molar-refractivity contribution in [1.82, 2.24) is 20.4 Å². The van der Waals surface area contributed by atoms with Crippen LogP contribution in [0.5, 0.6) is 5.75 Å². The van der Waals surface area contributed by atoms with Crippen LogP contribution in [0, 0.1) is 0 Å². The van der Waals surface area contributed by atoms with Gasteiger partial charge in [0.2, 0.25) is 11.8 Å². The molecule has 2 aliphatic rings. The maximum Gasteiger partial charge on any atom is 0.352 e. The summed E-state index contributed by atoms with van der Waals surface area (Å²) >= 11 is 2.21. The Kier molecular flexibility index (Phi) is 7.86. The van der Waals surface area contributed by atoms with Crippen LogP contribution in [0.25, 0.3) is 0 Å². The van der Waals surface area contributed by atoms with E-state index >= 15 is 0 Å². The number of β-lactam (4-membered cyclic amide) rings is 1. The lowest BCUT2D eigenvalue weighted by molar-refractivity contribution is -0.150. The molecule has 1 aromatic carbocycles. The zero-order valence-electron chi connectivity index (χ0n) is 18.6. The second-order valence-corrected chi connectivity index (χ2v) is 11.2. The lowest BCUT2D eigenvalue weighted by Gasteiger charge is -2.49. The Hall–Kier alpha value is -3.41. The maximum absolute atomic E-state index is 12.8. The number of thioether (sulfide) groups is 2. The first kappa shape index (κ1) is 26.6. The number of ether oxygens (including phenoxy) is 1. The summed E-state index contributed by atoms with van der Waals surface area (Å²) in [7, 11) is -4.36. The van der Waals surface area contributed by atoms with Crippen molar-refractivity contribution >= 4 is 57.9 Å². The molecule has 0 aliphatic carbocycles. The Morgan fingerprint density at radius 1 is 1.32 bits per heavy atom. The van der Waals surface area contributed by atoms with Crippen molar-refractivity contribution < 1.29 is 46.4 Å². The molecule has 2 aliphatic heterocycles. The van der Waals surface area contributed by atoms with Gasteiger partial charge in [-0.15, -0.1) is 22.0 Å². The molecule has 196 valence electrons. The van der Waals surface area contributed by atoms with E-state index in [4.69, 9.17) is 13.7 Å². The normalized spacial score (nSPS) is 19.2. The van der Waals surface area contributed by atoms with Gasteiger partial charge in [0.05, 0.1) is 6.42 Å². The molecule has 3 heterocycles. The molecule has 3 N–H and O–H groups in total. The standard InChI is InChI=1S/C20H18N4O10S3/c25-9-33-12-4-2-1-3-10(12)5-13(26)21-15-17(27)24-16(19(28)29)11(6-35-18(15)24)7-36-20-23-22-14(34-20)8-37(30,31)32/h1-4,9,15,18H,5-8H2,(H,21,26)(H,28,29)(H,30,31,32)/t15?,18-/m1/s1. The Labute approximate surface area is 217 Å². The second-order valence-electron chi connectivity index (χ2n) is 7.69. The van der Waals surface area contributed by atoms with Crippen LogP contribution in [0.4, 0.5) is 0 Å². The van der Waals surface area contributed by atoms with E-state index in [2.05, 4.69) is 15.5 Å². The fourth-order valence-electron chi connectivity index (χ4n) is 3.67. The highest BCUT2D eigenvalue weighted by Gasteiger charge is 2.54. The molecule has 2 atom stereocenters. The maximum atomic E-state index is 12.8. The lowest BCUT2D eigenvalue weighted by atomic mass is 10.0. The minimum atomic E-state index is -4.36. The Morgan fingerprint density at radius 2 is 2.08 bits per heavy atom. The number of hydrogen-bond donors (Lipinski definition) is 3. The van der Waals surface area contributed by atoms with E-state index in [1.807, 2.05) is 0 Å². The quantitative estimate of drug-likeness (QED) is 0.141.